The van der Waals surface area contributed by atoms with Crippen molar-refractivity contribution in [2.24, 2.45) is 0 Å². The summed E-state index contributed by atoms with van der Waals surface area (Å²) in [6.45, 7) is 1.97. The average molecular weight is 414 g/mol. The summed E-state index contributed by atoms with van der Waals surface area (Å²) < 4.78 is 30.3. The van der Waals surface area contributed by atoms with Gasteiger partial charge in [0.25, 0.3) is 0 Å². The van der Waals surface area contributed by atoms with Crippen LogP contribution in [0, 0.1) is 6.92 Å². The van der Waals surface area contributed by atoms with Gasteiger partial charge in [-0.05, 0) is 12.5 Å². The van der Waals surface area contributed by atoms with Crippen LogP contribution in [0.25, 0.3) is 11.4 Å². The van der Waals surface area contributed by atoms with Crippen LogP contribution in [0.5, 0.6) is 0 Å². The van der Waals surface area contributed by atoms with Crippen molar-refractivity contribution in [3.8, 4) is 11.4 Å². The van der Waals surface area contributed by atoms with Gasteiger partial charge in [0.1, 0.15) is 6.04 Å². The Morgan fingerprint density at radius 3 is 2.41 bits per heavy atom. The van der Waals surface area contributed by atoms with E-state index in [2.05, 4.69) is 15.5 Å². The van der Waals surface area contributed by atoms with E-state index < -0.39 is 22.0 Å². The molecule has 0 saturated heterocycles. The Labute approximate surface area is 169 Å². The molecule has 3 rings (SSSR count). The van der Waals surface area contributed by atoms with Crippen molar-refractivity contribution >= 4 is 15.9 Å². The van der Waals surface area contributed by atoms with Gasteiger partial charge >= 0.3 is 0 Å². The molecular formula is C20H22N4O4S. The summed E-state index contributed by atoms with van der Waals surface area (Å²) in [5.41, 5.74) is 2.48. The maximum absolute atomic E-state index is 12.8. The van der Waals surface area contributed by atoms with Crippen molar-refractivity contribution in [1.29, 1.82) is 0 Å². The fraction of sp³-hybridized carbons (Fsp3) is 0.250. The van der Waals surface area contributed by atoms with E-state index in [9.17, 15) is 13.2 Å². The summed E-state index contributed by atoms with van der Waals surface area (Å²) in [4.78, 5) is 17.1. The van der Waals surface area contributed by atoms with Gasteiger partial charge in [-0.3, -0.25) is 4.79 Å². The minimum atomic E-state index is -3.59. The second kappa shape index (κ2) is 8.54. The molecule has 0 aliphatic rings. The molecule has 1 atom stereocenters. The number of rotatable bonds is 7. The number of amides is 1. The quantitative estimate of drug-likeness (QED) is 0.636. The van der Waals surface area contributed by atoms with E-state index >= 15 is 0 Å². The first kappa shape index (κ1) is 20.7. The standard InChI is InChI=1S/C20H22N4O4S/c1-14-9-11-16(12-10-14)19-22-17(28-23-19)13-21-20(25)18(24(2)29(3,26)27)15-7-5-4-6-8-15/h4-12,18H,13H2,1-3H3,(H,21,25)/t18-/m0/s1. The van der Waals surface area contributed by atoms with Crippen LogP contribution >= 0.6 is 0 Å². The van der Waals surface area contributed by atoms with Crippen molar-refractivity contribution in [3.63, 3.8) is 0 Å². The summed E-state index contributed by atoms with van der Waals surface area (Å²) in [5, 5.41) is 6.61. The molecule has 0 fully saturated rings. The first-order valence-corrected chi connectivity index (χ1v) is 10.8. The summed E-state index contributed by atoms with van der Waals surface area (Å²) in [5.74, 6) is 0.157. The lowest BCUT2D eigenvalue weighted by Gasteiger charge is -2.25. The predicted molar refractivity (Wildman–Crippen MR) is 108 cm³/mol. The Morgan fingerprint density at radius 1 is 1.14 bits per heavy atom. The Hall–Kier alpha value is -3.04. The third-order valence-electron chi connectivity index (χ3n) is 4.44. The lowest BCUT2D eigenvalue weighted by Crippen LogP contribution is -2.41. The van der Waals surface area contributed by atoms with Gasteiger partial charge in [0, 0.05) is 12.6 Å². The summed E-state index contributed by atoms with van der Waals surface area (Å²) in [6, 6.07) is 15.3. The van der Waals surface area contributed by atoms with Crippen LogP contribution in [0.1, 0.15) is 23.1 Å². The highest BCUT2D eigenvalue weighted by molar-refractivity contribution is 7.88. The third-order valence-corrected chi connectivity index (χ3v) is 5.70. The summed E-state index contributed by atoms with van der Waals surface area (Å²) in [7, 11) is -2.22. The van der Waals surface area contributed by atoms with Crippen LogP contribution in [0.3, 0.4) is 0 Å². The maximum atomic E-state index is 12.8. The second-order valence-corrected chi connectivity index (χ2v) is 8.73. The van der Waals surface area contributed by atoms with Crippen LogP contribution in [0.4, 0.5) is 0 Å². The Morgan fingerprint density at radius 2 is 1.79 bits per heavy atom. The van der Waals surface area contributed by atoms with E-state index in [4.69, 9.17) is 4.52 Å². The van der Waals surface area contributed by atoms with Crippen molar-refractivity contribution in [2.45, 2.75) is 19.5 Å². The maximum Gasteiger partial charge on any atom is 0.246 e. The highest BCUT2D eigenvalue weighted by Crippen LogP contribution is 2.22. The van der Waals surface area contributed by atoms with E-state index in [1.54, 1.807) is 30.3 Å². The zero-order valence-corrected chi connectivity index (χ0v) is 17.2. The zero-order chi connectivity index (χ0) is 21.0. The fourth-order valence-corrected chi connectivity index (χ4v) is 3.36. The molecule has 0 unspecified atom stereocenters. The monoisotopic (exact) mass is 414 g/mol. The highest BCUT2D eigenvalue weighted by Gasteiger charge is 2.30. The van der Waals surface area contributed by atoms with Crippen molar-refractivity contribution in [2.75, 3.05) is 13.3 Å². The van der Waals surface area contributed by atoms with Gasteiger partial charge in [0.15, 0.2) is 0 Å². The molecule has 0 spiro atoms. The molecule has 9 heteroatoms. The van der Waals surface area contributed by atoms with Gasteiger partial charge in [0.2, 0.25) is 27.6 Å². The van der Waals surface area contributed by atoms with Gasteiger partial charge in [0.05, 0.1) is 12.8 Å². The third kappa shape index (κ3) is 5.07. The summed E-state index contributed by atoms with van der Waals surface area (Å²) >= 11 is 0. The smallest absolute Gasteiger partial charge is 0.246 e. The van der Waals surface area contributed by atoms with E-state index in [1.807, 2.05) is 31.2 Å². The van der Waals surface area contributed by atoms with Crippen LogP contribution in [-0.4, -0.2) is 42.1 Å². The number of carbonyl (C=O) groups excluding carboxylic acids is 1. The molecule has 0 radical (unpaired) electrons. The van der Waals surface area contributed by atoms with Crippen molar-refractivity contribution < 1.29 is 17.7 Å². The number of aromatic nitrogens is 2. The normalized spacial score (nSPS) is 12.7. The first-order valence-electron chi connectivity index (χ1n) is 8.91. The molecule has 1 aromatic heterocycles. The molecule has 29 heavy (non-hydrogen) atoms. The molecule has 0 aliphatic carbocycles. The zero-order valence-electron chi connectivity index (χ0n) is 16.4. The molecular weight excluding hydrogens is 392 g/mol. The SMILES string of the molecule is Cc1ccc(-c2noc(CNC(=O)[C@H](c3ccccc3)N(C)S(C)(=O)=O)n2)cc1. The largest absolute Gasteiger partial charge is 0.345 e. The molecule has 152 valence electrons. The number of carbonyl (C=O) groups is 1. The molecule has 2 aromatic carbocycles. The van der Waals surface area contributed by atoms with Crippen LogP contribution < -0.4 is 5.32 Å². The Bertz CT molecular complexity index is 1080. The van der Waals surface area contributed by atoms with E-state index in [1.165, 1.54) is 7.05 Å². The molecule has 3 aromatic rings. The molecule has 0 aliphatic heterocycles. The lowest BCUT2D eigenvalue weighted by molar-refractivity contribution is -0.125. The van der Waals surface area contributed by atoms with Gasteiger partial charge in [-0.2, -0.15) is 9.29 Å². The number of sulfonamides is 1. The Kier molecular flexibility index (Phi) is 6.09. The molecule has 8 nitrogen and oxygen atoms in total. The van der Waals surface area contributed by atoms with Crippen LogP contribution in [-0.2, 0) is 21.4 Å². The lowest BCUT2D eigenvalue weighted by atomic mass is 10.1. The number of hydrogen-bond donors (Lipinski definition) is 1. The van der Waals surface area contributed by atoms with Gasteiger partial charge < -0.3 is 9.84 Å². The molecule has 1 N–H and O–H groups in total. The molecule has 0 saturated carbocycles. The number of likely N-dealkylation sites (N-methyl/N-ethyl adjacent to an activating group) is 1. The van der Waals surface area contributed by atoms with Gasteiger partial charge in [-0.1, -0.05) is 65.3 Å². The number of nitrogens with zero attached hydrogens (tertiary/aromatic N) is 3. The minimum absolute atomic E-state index is 0.0152. The average Bonchev–Trinajstić information content (AvgIpc) is 3.16. The second-order valence-electron chi connectivity index (χ2n) is 6.69. The molecule has 1 amide bonds. The number of nitrogens with one attached hydrogen (secondary N) is 1. The van der Waals surface area contributed by atoms with Crippen LogP contribution in [0.15, 0.2) is 59.1 Å². The predicted octanol–water partition coefficient (Wildman–Crippen LogP) is 2.29. The summed E-state index contributed by atoms with van der Waals surface area (Å²) in [6.07, 6.45) is 1.06. The van der Waals surface area contributed by atoms with E-state index in [0.717, 1.165) is 21.7 Å². The van der Waals surface area contributed by atoms with Crippen LogP contribution in [0.2, 0.25) is 0 Å². The number of benzene rings is 2. The number of aryl methyl sites for hydroxylation is 1. The number of hydrogen-bond acceptors (Lipinski definition) is 6. The Balaban J connectivity index is 1.74. The van der Waals surface area contributed by atoms with Crippen molar-refractivity contribution in [3.05, 3.63) is 71.6 Å². The molecule has 0 bridgehead atoms. The minimum Gasteiger partial charge on any atom is -0.345 e. The van der Waals surface area contributed by atoms with E-state index in [0.29, 0.717) is 11.4 Å². The van der Waals surface area contributed by atoms with Gasteiger partial charge in [-0.25, -0.2) is 8.42 Å². The van der Waals surface area contributed by atoms with Gasteiger partial charge in [-0.15, -0.1) is 0 Å². The van der Waals surface area contributed by atoms with E-state index in [-0.39, 0.29) is 12.4 Å². The van der Waals surface area contributed by atoms with Crippen molar-refractivity contribution in [1.82, 2.24) is 19.8 Å². The highest BCUT2D eigenvalue weighted by atomic mass is 32.2. The fourth-order valence-electron chi connectivity index (χ4n) is 2.76. The molecule has 1 heterocycles. The first-order chi connectivity index (χ1) is 13.8. The topological polar surface area (TPSA) is 105 Å².